The summed E-state index contributed by atoms with van der Waals surface area (Å²) in [6, 6.07) is 1.93. The van der Waals surface area contributed by atoms with Gasteiger partial charge in [0.1, 0.15) is 0 Å². The van der Waals surface area contributed by atoms with Crippen LogP contribution in [0.1, 0.15) is 128 Å². The number of rotatable bonds is 6. The highest BCUT2D eigenvalue weighted by molar-refractivity contribution is 5.14. The van der Waals surface area contributed by atoms with Crippen molar-refractivity contribution in [3.63, 3.8) is 0 Å². The first-order valence-electron chi connectivity index (χ1n) is 13.6. The third-order valence-electron chi connectivity index (χ3n) is 7.68. The van der Waals surface area contributed by atoms with Gasteiger partial charge in [0, 0.05) is 46.9 Å². The van der Waals surface area contributed by atoms with Crippen LogP contribution in [0.5, 0.6) is 0 Å². The Morgan fingerprint density at radius 3 is 0.941 bits per heavy atom. The van der Waals surface area contributed by atoms with Crippen molar-refractivity contribution in [3.05, 3.63) is 34.0 Å². The Bertz CT molecular complexity index is 970. The second-order valence-electron chi connectivity index (χ2n) is 11.5. The molecule has 2 atom stereocenters. The number of aromatic nitrogens is 4. The standard InChI is InChI=1S/C28H50N6/c1-17(2)31-21(9)22(10)32(18(3)4)27(31)29-25-15-13-14-16-26(25)30-28-33(19(5)6)23(11)24(12)34(28)20(7)8/h17-20,25-26H,13-16H2,1-12H3/t25-,26-/m1/s1. The fraction of sp³-hybridized carbons (Fsp3) is 0.786. The second-order valence-corrected chi connectivity index (χ2v) is 11.5. The minimum Gasteiger partial charge on any atom is -0.312 e. The molecule has 6 nitrogen and oxygen atoms in total. The average Bonchev–Trinajstić information content (AvgIpc) is 3.13. The number of hydrogen-bond donors (Lipinski definition) is 0. The van der Waals surface area contributed by atoms with Crippen LogP contribution in [-0.2, 0) is 0 Å². The topological polar surface area (TPSA) is 44.4 Å². The molecule has 2 aromatic heterocycles. The largest absolute Gasteiger partial charge is 0.312 e. The molecule has 0 unspecified atom stereocenters. The van der Waals surface area contributed by atoms with E-state index >= 15 is 0 Å². The Morgan fingerprint density at radius 1 is 0.500 bits per heavy atom. The summed E-state index contributed by atoms with van der Waals surface area (Å²) in [7, 11) is 0. The van der Waals surface area contributed by atoms with Crippen LogP contribution in [-0.4, -0.2) is 30.4 Å². The van der Waals surface area contributed by atoms with E-state index in [9.17, 15) is 0 Å². The highest BCUT2D eigenvalue weighted by Gasteiger charge is 2.27. The van der Waals surface area contributed by atoms with Crippen molar-refractivity contribution in [2.24, 2.45) is 9.98 Å². The minimum atomic E-state index is 0.210. The summed E-state index contributed by atoms with van der Waals surface area (Å²) in [6.07, 6.45) is 4.68. The van der Waals surface area contributed by atoms with Gasteiger partial charge in [0.25, 0.3) is 0 Å². The Kier molecular flexibility index (Phi) is 8.09. The van der Waals surface area contributed by atoms with Gasteiger partial charge in [0.05, 0.1) is 12.1 Å². The lowest BCUT2D eigenvalue weighted by Crippen LogP contribution is -2.38. The lowest BCUT2D eigenvalue weighted by molar-refractivity contribution is 0.356. The maximum atomic E-state index is 5.51. The number of hydrogen-bond acceptors (Lipinski definition) is 2. The maximum absolute atomic E-state index is 5.51. The fourth-order valence-corrected chi connectivity index (χ4v) is 5.94. The maximum Gasteiger partial charge on any atom is 0.206 e. The molecule has 0 amide bonds. The normalized spacial score (nSPS) is 19.2. The van der Waals surface area contributed by atoms with E-state index in [0.717, 1.165) is 24.1 Å². The van der Waals surface area contributed by atoms with Crippen molar-refractivity contribution >= 4 is 0 Å². The van der Waals surface area contributed by atoms with Gasteiger partial charge in [0.15, 0.2) is 0 Å². The smallest absolute Gasteiger partial charge is 0.206 e. The third-order valence-corrected chi connectivity index (χ3v) is 7.68. The zero-order valence-corrected chi connectivity index (χ0v) is 24.0. The zero-order chi connectivity index (χ0) is 25.5. The Hall–Kier alpha value is -1.98. The van der Waals surface area contributed by atoms with Crippen molar-refractivity contribution < 1.29 is 0 Å². The Balaban J connectivity index is 2.26. The van der Waals surface area contributed by atoms with E-state index < -0.39 is 0 Å². The van der Waals surface area contributed by atoms with Gasteiger partial charge in [0.2, 0.25) is 11.2 Å². The van der Waals surface area contributed by atoms with E-state index in [0.29, 0.717) is 24.2 Å². The highest BCUT2D eigenvalue weighted by Crippen LogP contribution is 2.25. The molecule has 0 spiro atoms. The van der Waals surface area contributed by atoms with E-state index in [1.54, 1.807) is 0 Å². The molecule has 1 fully saturated rings. The van der Waals surface area contributed by atoms with E-state index in [-0.39, 0.29) is 12.1 Å². The summed E-state index contributed by atoms with van der Waals surface area (Å²) in [5, 5.41) is 0. The van der Waals surface area contributed by atoms with Crippen molar-refractivity contribution in [2.75, 3.05) is 0 Å². The third kappa shape index (κ3) is 4.74. The first-order valence-corrected chi connectivity index (χ1v) is 13.6. The first kappa shape index (κ1) is 26.6. The van der Waals surface area contributed by atoms with Gasteiger partial charge in [-0.3, -0.25) is 0 Å². The van der Waals surface area contributed by atoms with Crippen LogP contribution in [0, 0.1) is 27.7 Å². The first-order chi connectivity index (χ1) is 15.9. The van der Waals surface area contributed by atoms with Crippen LogP contribution in [0.3, 0.4) is 0 Å². The quantitative estimate of drug-likeness (QED) is 0.478. The zero-order valence-electron chi connectivity index (χ0n) is 24.0. The molecular weight excluding hydrogens is 420 g/mol. The molecule has 0 bridgehead atoms. The molecule has 0 aromatic carbocycles. The molecule has 0 radical (unpaired) electrons. The average molecular weight is 471 g/mol. The molecule has 192 valence electrons. The molecule has 3 rings (SSSR count). The molecule has 0 saturated heterocycles. The number of nitrogens with zero attached hydrogens (tertiary/aromatic N) is 6. The van der Waals surface area contributed by atoms with Gasteiger partial charge in [-0.15, -0.1) is 0 Å². The molecule has 1 aliphatic carbocycles. The van der Waals surface area contributed by atoms with Gasteiger partial charge < -0.3 is 18.3 Å². The van der Waals surface area contributed by atoms with E-state index in [1.807, 2.05) is 0 Å². The summed E-state index contributed by atoms with van der Waals surface area (Å²) in [5.74, 6) is 0. The Labute approximate surface area is 207 Å². The fourth-order valence-electron chi connectivity index (χ4n) is 5.94. The van der Waals surface area contributed by atoms with Crippen molar-refractivity contribution in [2.45, 2.75) is 145 Å². The van der Waals surface area contributed by atoms with Crippen LogP contribution in [0.4, 0.5) is 0 Å². The molecule has 0 aliphatic heterocycles. The van der Waals surface area contributed by atoms with Crippen molar-refractivity contribution in [3.8, 4) is 0 Å². The van der Waals surface area contributed by atoms with Crippen LogP contribution in [0.25, 0.3) is 0 Å². The molecule has 2 aromatic rings. The molecule has 1 saturated carbocycles. The van der Waals surface area contributed by atoms with Gasteiger partial charge in [-0.25, -0.2) is 9.98 Å². The summed E-state index contributed by atoms with van der Waals surface area (Å²) in [6.45, 7) is 27.1. The second kappa shape index (κ2) is 10.3. The van der Waals surface area contributed by atoms with Crippen LogP contribution >= 0.6 is 0 Å². The SMILES string of the molecule is Cc1c(C)n(C(C)C)c(=N[C@@H]2CCCC[C@H]2N=c2n(C(C)C)c(C)c(C)n2C(C)C)n1C(C)C. The highest BCUT2D eigenvalue weighted by atomic mass is 15.3. The predicted octanol–water partition coefficient (Wildman–Crippen LogP) is 6.26. The van der Waals surface area contributed by atoms with Gasteiger partial charge in [-0.1, -0.05) is 12.8 Å². The van der Waals surface area contributed by atoms with E-state index in [1.165, 1.54) is 35.6 Å². The van der Waals surface area contributed by atoms with Crippen LogP contribution in [0.15, 0.2) is 9.98 Å². The minimum absolute atomic E-state index is 0.210. The molecular formula is C28H50N6. The summed E-state index contributed by atoms with van der Waals surface area (Å²) in [5.41, 5.74) is 7.54. The lowest BCUT2D eigenvalue weighted by Gasteiger charge is -2.26. The molecule has 0 N–H and O–H groups in total. The molecule has 34 heavy (non-hydrogen) atoms. The summed E-state index contributed by atoms with van der Waals surface area (Å²) >= 11 is 0. The summed E-state index contributed by atoms with van der Waals surface area (Å²) in [4.78, 5) is 11.0. The van der Waals surface area contributed by atoms with E-state index in [4.69, 9.17) is 9.98 Å². The molecule has 6 heteroatoms. The van der Waals surface area contributed by atoms with Crippen molar-refractivity contribution in [1.82, 2.24) is 18.3 Å². The number of imidazole rings is 2. The summed E-state index contributed by atoms with van der Waals surface area (Å²) < 4.78 is 9.72. The van der Waals surface area contributed by atoms with Crippen LogP contribution < -0.4 is 11.2 Å². The Morgan fingerprint density at radius 2 is 0.735 bits per heavy atom. The predicted molar refractivity (Wildman–Crippen MR) is 143 cm³/mol. The van der Waals surface area contributed by atoms with Crippen molar-refractivity contribution in [1.29, 1.82) is 0 Å². The molecule has 2 heterocycles. The lowest BCUT2D eigenvalue weighted by atomic mass is 9.91. The van der Waals surface area contributed by atoms with E-state index in [2.05, 4.69) is 101 Å². The van der Waals surface area contributed by atoms with Gasteiger partial charge in [-0.05, 0) is 95.9 Å². The monoisotopic (exact) mass is 470 g/mol. The van der Waals surface area contributed by atoms with Crippen LogP contribution in [0.2, 0.25) is 0 Å². The van der Waals surface area contributed by atoms with Gasteiger partial charge in [-0.2, -0.15) is 0 Å². The van der Waals surface area contributed by atoms with Gasteiger partial charge >= 0.3 is 0 Å². The molecule has 1 aliphatic rings.